The first-order valence-electron chi connectivity index (χ1n) is 13.9. The Balaban J connectivity index is 1.35. The van der Waals surface area contributed by atoms with Crippen molar-refractivity contribution in [2.45, 2.75) is 43.6 Å². The predicted molar refractivity (Wildman–Crippen MR) is 157 cm³/mol. The Labute approximate surface area is 256 Å². The summed E-state index contributed by atoms with van der Waals surface area (Å²) in [6.07, 6.45) is -2.42. The van der Waals surface area contributed by atoms with Gasteiger partial charge in [0.1, 0.15) is 25.0 Å². The number of nitrogens with zero attached hydrogens (tertiary/aromatic N) is 1. The third-order valence-corrected chi connectivity index (χ3v) is 7.03. The minimum atomic E-state index is -4.53. The largest absolute Gasteiger partial charge is 0.448 e. The van der Waals surface area contributed by atoms with E-state index in [1.54, 1.807) is 29.6 Å². The number of carbonyl (C=O) groups is 2. The van der Waals surface area contributed by atoms with Gasteiger partial charge in [-0.15, -0.1) is 0 Å². The molecule has 4 rings (SSSR count). The van der Waals surface area contributed by atoms with Crippen LogP contribution in [0, 0.1) is 5.82 Å². The fourth-order valence-electron chi connectivity index (χ4n) is 4.52. The molecule has 14 heteroatoms. The van der Waals surface area contributed by atoms with Crippen molar-refractivity contribution < 1.29 is 36.6 Å². The average Bonchev–Trinajstić information content (AvgIpc) is 3.00. The fourth-order valence-corrected chi connectivity index (χ4v) is 4.64. The lowest BCUT2D eigenvalue weighted by Gasteiger charge is -2.30. The van der Waals surface area contributed by atoms with Crippen molar-refractivity contribution in [2.75, 3.05) is 36.9 Å². The van der Waals surface area contributed by atoms with Gasteiger partial charge in [0.15, 0.2) is 0 Å². The number of hydrogen-bond acceptors (Lipinski definition) is 7. The zero-order valence-electron chi connectivity index (χ0n) is 23.5. The van der Waals surface area contributed by atoms with Gasteiger partial charge in [-0.1, -0.05) is 41.9 Å². The van der Waals surface area contributed by atoms with E-state index in [1.165, 1.54) is 6.20 Å². The quantitative estimate of drug-likeness (QED) is 0.204. The molecule has 1 aromatic heterocycles. The molecular formula is C30H32ClF4N5O4. The Bertz CT molecular complexity index is 1370. The molecule has 236 valence electrons. The van der Waals surface area contributed by atoms with Crippen molar-refractivity contribution in [3.05, 3.63) is 89.0 Å². The van der Waals surface area contributed by atoms with Gasteiger partial charge in [0.2, 0.25) is 5.91 Å². The third kappa shape index (κ3) is 10.6. The summed E-state index contributed by atoms with van der Waals surface area (Å²) in [6.45, 7) is -1.16. The topological polar surface area (TPSA) is 114 Å². The van der Waals surface area contributed by atoms with Crippen LogP contribution < -0.4 is 21.3 Å². The second kappa shape index (κ2) is 15.7. The summed E-state index contributed by atoms with van der Waals surface area (Å²) in [6, 6.07) is 14.9. The monoisotopic (exact) mass is 637 g/mol. The van der Waals surface area contributed by atoms with Crippen LogP contribution in [-0.2, 0) is 27.1 Å². The molecule has 2 amide bonds. The van der Waals surface area contributed by atoms with Gasteiger partial charge in [0, 0.05) is 29.2 Å². The van der Waals surface area contributed by atoms with Gasteiger partial charge in [-0.05, 0) is 42.7 Å². The highest BCUT2D eigenvalue weighted by atomic mass is 35.5. The van der Waals surface area contributed by atoms with E-state index in [0.717, 1.165) is 11.8 Å². The minimum absolute atomic E-state index is 0.144. The second-order valence-electron chi connectivity index (χ2n) is 10.2. The van der Waals surface area contributed by atoms with Gasteiger partial charge >= 0.3 is 12.3 Å². The lowest BCUT2D eigenvalue weighted by molar-refractivity contribution is -0.124. The molecule has 0 radical (unpaired) electrons. The lowest BCUT2D eigenvalue weighted by atomic mass is 10.0. The Morgan fingerprint density at radius 1 is 1.11 bits per heavy atom. The summed E-state index contributed by atoms with van der Waals surface area (Å²) in [5.74, 6) is -0.863. The van der Waals surface area contributed by atoms with E-state index in [-0.39, 0.29) is 31.6 Å². The highest BCUT2D eigenvalue weighted by Crippen LogP contribution is 2.24. The minimum Gasteiger partial charge on any atom is -0.448 e. The highest BCUT2D eigenvalue weighted by Gasteiger charge is 2.29. The van der Waals surface area contributed by atoms with Crippen LogP contribution in [0.4, 0.5) is 33.7 Å². The van der Waals surface area contributed by atoms with Gasteiger partial charge in [-0.2, -0.15) is 13.2 Å². The van der Waals surface area contributed by atoms with E-state index in [9.17, 15) is 22.8 Å². The van der Waals surface area contributed by atoms with Crippen molar-refractivity contribution in [1.29, 1.82) is 0 Å². The molecule has 0 spiro atoms. The molecule has 44 heavy (non-hydrogen) atoms. The molecule has 1 saturated heterocycles. The molecule has 1 fully saturated rings. The summed E-state index contributed by atoms with van der Waals surface area (Å²) < 4.78 is 62.4. The van der Waals surface area contributed by atoms with E-state index in [2.05, 4.69) is 20.9 Å². The first-order chi connectivity index (χ1) is 21.1. The molecule has 1 aliphatic rings. The van der Waals surface area contributed by atoms with Gasteiger partial charge < -0.3 is 30.7 Å². The molecule has 0 bridgehead atoms. The van der Waals surface area contributed by atoms with E-state index in [1.807, 2.05) is 30.3 Å². The predicted octanol–water partition coefficient (Wildman–Crippen LogP) is 5.11. The maximum absolute atomic E-state index is 15.0. The third-order valence-electron chi connectivity index (χ3n) is 6.78. The fraction of sp³-hybridized carbons (Fsp3) is 0.367. The van der Waals surface area contributed by atoms with E-state index in [0.29, 0.717) is 41.3 Å². The first-order valence-corrected chi connectivity index (χ1v) is 14.2. The number of halogens is 5. The van der Waals surface area contributed by atoms with Crippen LogP contribution in [-0.4, -0.2) is 67.7 Å². The number of morpholine rings is 1. The van der Waals surface area contributed by atoms with Gasteiger partial charge in [-0.3, -0.25) is 9.78 Å². The maximum atomic E-state index is 15.0. The van der Waals surface area contributed by atoms with Crippen LogP contribution in [0.1, 0.15) is 17.5 Å². The summed E-state index contributed by atoms with van der Waals surface area (Å²) in [4.78, 5) is 28.8. The van der Waals surface area contributed by atoms with Gasteiger partial charge in [0.05, 0.1) is 36.8 Å². The molecule has 1 aliphatic heterocycles. The molecule has 3 atom stereocenters. The van der Waals surface area contributed by atoms with Crippen LogP contribution >= 0.6 is 11.6 Å². The van der Waals surface area contributed by atoms with Crippen LogP contribution in [0.5, 0.6) is 0 Å². The van der Waals surface area contributed by atoms with Crippen molar-refractivity contribution in [1.82, 2.24) is 15.6 Å². The van der Waals surface area contributed by atoms with Crippen LogP contribution in [0.25, 0.3) is 0 Å². The number of amides is 2. The number of ether oxygens (including phenoxy) is 2. The highest BCUT2D eigenvalue weighted by molar-refractivity contribution is 6.30. The second-order valence-corrected chi connectivity index (χ2v) is 10.6. The lowest BCUT2D eigenvalue weighted by Crippen LogP contribution is -2.49. The summed E-state index contributed by atoms with van der Waals surface area (Å²) in [7, 11) is 0. The maximum Gasteiger partial charge on any atom is 0.407 e. The number of pyridine rings is 1. The molecule has 2 heterocycles. The zero-order valence-corrected chi connectivity index (χ0v) is 24.3. The molecule has 9 nitrogen and oxygen atoms in total. The molecule has 4 N–H and O–H groups in total. The zero-order chi connectivity index (χ0) is 31.5. The van der Waals surface area contributed by atoms with Crippen LogP contribution in [0.3, 0.4) is 0 Å². The van der Waals surface area contributed by atoms with E-state index >= 15 is 4.39 Å². The van der Waals surface area contributed by atoms with Crippen molar-refractivity contribution in [3.8, 4) is 0 Å². The Kier molecular flexibility index (Phi) is 11.8. The standard InChI is InChI=1S/C30H32ClF4N5O4/c31-20-6-8-21(9-7-20)39-28(41)26(12-19-4-2-1-3-5-19)40-27-15-36-14-25(32)24(27)11-10-23-13-37-22(16-43-23)17-44-29(42)38-18-30(33,34)35/h1-9,14-15,22-23,26,37,40H,10-13,16-18H2,(H,38,42)(H,39,41)/t22-,23+,26-/m0/s1. The molecule has 0 saturated carbocycles. The molecule has 2 aromatic carbocycles. The number of benzene rings is 2. The number of anilines is 2. The summed E-state index contributed by atoms with van der Waals surface area (Å²) in [5, 5.41) is 11.4. The van der Waals surface area contributed by atoms with Crippen molar-refractivity contribution in [3.63, 3.8) is 0 Å². The molecular weight excluding hydrogens is 606 g/mol. The van der Waals surface area contributed by atoms with Gasteiger partial charge in [0.25, 0.3) is 0 Å². The SMILES string of the molecule is O=C(NCC(F)(F)F)OC[C@@H]1CO[C@H](CCc2c(F)cncc2N[C@@H](Cc2ccccc2)C(=O)Nc2ccc(Cl)cc2)CN1. The van der Waals surface area contributed by atoms with Crippen LogP contribution in [0.2, 0.25) is 5.02 Å². The van der Waals surface area contributed by atoms with Crippen LogP contribution in [0.15, 0.2) is 67.0 Å². The van der Waals surface area contributed by atoms with E-state index in [4.69, 9.17) is 21.1 Å². The first kappa shape index (κ1) is 33.0. The Morgan fingerprint density at radius 3 is 2.55 bits per heavy atom. The Hall–Kier alpha value is -3.94. The van der Waals surface area contributed by atoms with E-state index < -0.39 is 36.7 Å². The number of nitrogens with one attached hydrogen (secondary N) is 4. The number of alkyl halides is 3. The van der Waals surface area contributed by atoms with Gasteiger partial charge in [-0.25, -0.2) is 9.18 Å². The summed E-state index contributed by atoms with van der Waals surface area (Å²) >= 11 is 5.97. The molecule has 3 aromatic rings. The average molecular weight is 638 g/mol. The molecule has 0 aliphatic carbocycles. The number of rotatable bonds is 12. The number of carbonyl (C=O) groups excluding carboxylic acids is 2. The van der Waals surface area contributed by atoms with Crippen molar-refractivity contribution >= 4 is 35.0 Å². The summed E-state index contributed by atoms with van der Waals surface area (Å²) in [5.41, 5.74) is 2.18. The molecule has 0 unspecified atom stereocenters. The number of aromatic nitrogens is 1. The smallest absolute Gasteiger partial charge is 0.407 e. The Morgan fingerprint density at radius 2 is 1.86 bits per heavy atom. The number of hydrogen-bond donors (Lipinski definition) is 4. The van der Waals surface area contributed by atoms with Crippen molar-refractivity contribution in [2.24, 2.45) is 0 Å². The number of alkyl carbamates (subject to hydrolysis) is 1. The normalized spacial score (nSPS) is 17.4.